The van der Waals surface area contributed by atoms with E-state index in [1.807, 2.05) is 30.5 Å². The second kappa shape index (κ2) is 9.42. The van der Waals surface area contributed by atoms with Gasteiger partial charge < -0.3 is 4.74 Å². The van der Waals surface area contributed by atoms with Crippen LogP contribution in [0, 0.1) is 5.82 Å². The number of hydrogen-bond acceptors (Lipinski definition) is 3. The average molecular weight is 427 g/mol. The monoisotopic (exact) mass is 426 g/mol. The molecule has 0 fully saturated rings. The molecule has 138 valence electrons. The third-order valence-corrected chi connectivity index (χ3v) is 4.70. The van der Waals surface area contributed by atoms with Crippen LogP contribution in [0.15, 0.2) is 70.3 Å². The maximum absolute atomic E-state index is 13.1. The van der Waals surface area contributed by atoms with Gasteiger partial charge in [0.2, 0.25) is 0 Å². The number of pyridine rings is 1. The van der Waals surface area contributed by atoms with Gasteiger partial charge in [-0.2, -0.15) is 0 Å². The van der Waals surface area contributed by atoms with Crippen LogP contribution in [0.2, 0.25) is 0 Å². The number of aromatic nitrogens is 1. The molecule has 3 aromatic rings. The molecule has 0 N–H and O–H groups in total. The normalized spacial score (nSPS) is 11.1. The molecule has 0 radical (unpaired) electrons. The standard InChI is InChI=1S/C22H20BrFN2O/c1-2-16-3-7-19(25-14-16)11-12-27-20-8-4-17(5-9-20)15-26-22-10-6-18(24)13-21(22)23/h3-10,13-15H,2,11-12H2,1H3. The van der Waals surface area contributed by atoms with Gasteiger partial charge >= 0.3 is 0 Å². The number of aryl methyl sites for hydroxylation is 1. The van der Waals surface area contributed by atoms with Crippen LogP contribution in [0.1, 0.15) is 23.7 Å². The Morgan fingerprint density at radius 3 is 2.59 bits per heavy atom. The maximum atomic E-state index is 13.1. The lowest BCUT2D eigenvalue weighted by Crippen LogP contribution is -2.03. The zero-order chi connectivity index (χ0) is 19.1. The Balaban J connectivity index is 1.52. The molecule has 3 rings (SSSR count). The fourth-order valence-electron chi connectivity index (χ4n) is 2.47. The highest BCUT2D eigenvalue weighted by molar-refractivity contribution is 9.10. The highest BCUT2D eigenvalue weighted by Gasteiger charge is 2.00. The fourth-order valence-corrected chi connectivity index (χ4v) is 2.92. The van der Waals surface area contributed by atoms with E-state index >= 15 is 0 Å². The SMILES string of the molecule is CCc1ccc(CCOc2ccc(C=Nc3ccc(F)cc3Br)cc2)nc1. The number of benzene rings is 2. The van der Waals surface area contributed by atoms with Gasteiger partial charge in [0.1, 0.15) is 11.6 Å². The molecular weight excluding hydrogens is 407 g/mol. The van der Waals surface area contributed by atoms with Crippen LogP contribution in [0.3, 0.4) is 0 Å². The molecule has 2 aromatic carbocycles. The minimum absolute atomic E-state index is 0.293. The molecule has 0 aliphatic rings. The van der Waals surface area contributed by atoms with Crippen molar-refractivity contribution in [3.8, 4) is 5.75 Å². The Bertz CT molecular complexity index is 909. The molecule has 5 heteroatoms. The quantitative estimate of drug-likeness (QED) is 0.439. The lowest BCUT2D eigenvalue weighted by Gasteiger charge is -2.06. The molecule has 0 aliphatic carbocycles. The van der Waals surface area contributed by atoms with Crippen molar-refractivity contribution in [3.05, 3.63) is 87.9 Å². The molecule has 3 nitrogen and oxygen atoms in total. The number of ether oxygens (including phenoxy) is 1. The molecular formula is C22H20BrFN2O. The molecule has 0 amide bonds. The summed E-state index contributed by atoms with van der Waals surface area (Å²) in [5, 5.41) is 0. The predicted octanol–water partition coefficient (Wildman–Crippen LogP) is 5.92. The van der Waals surface area contributed by atoms with E-state index in [0.717, 1.165) is 29.8 Å². The summed E-state index contributed by atoms with van der Waals surface area (Å²) < 4.78 is 19.5. The highest BCUT2D eigenvalue weighted by atomic mass is 79.9. The van der Waals surface area contributed by atoms with Gasteiger partial charge in [-0.15, -0.1) is 0 Å². The van der Waals surface area contributed by atoms with E-state index in [1.165, 1.54) is 17.7 Å². The molecule has 0 aliphatic heterocycles. The van der Waals surface area contributed by atoms with Crippen molar-refractivity contribution < 1.29 is 9.13 Å². The molecule has 27 heavy (non-hydrogen) atoms. The van der Waals surface area contributed by atoms with E-state index in [0.29, 0.717) is 16.8 Å². The summed E-state index contributed by atoms with van der Waals surface area (Å²) in [7, 11) is 0. The summed E-state index contributed by atoms with van der Waals surface area (Å²) in [5.74, 6) is 0.513. The zero-order valence-electron chi connectivity index (χ0n) is 15.0. The number of rotatable bonds is 7. The number of aliphatic imine (C=N–C) groups is 1. The van der Waals surface area contributed by atoms with Crippen molar-refractivity contribution in [2.45, 2.75) is 19.8 Å². The van der Waals surface area contributed by atoms with Gasteiger partial charge in [0, 0.05) is 29.0 Å². The second-order valence-electron chi connectivity index (χ2n) is 6.03. The third kappa shape index (κ3) is 5.73. The Morgan fingerprint density at radius 2 is 1.93 bits per heavy atom. The molecule has 0 saturated carbocycles. The van der Waals surface area contributed by atoms with Gasteiger partial charge in [-0.3, -0.25) is 9.98 Å². The fraction of sp³-hybridized carbons (Fsp3) is 0.182. The van der Waals surface area contributed by atoms with Crippen molar-refractivity contribution in [1.29, 1.82) is 0 Å². The topological polar surface area (TPSA) is 34.5 Å². The first-order chi connectivity index (χ1) is 13.1. The molecule has 0 spiro atoms. The van der Waals surface area contributed by atoms with Gasteiger partial charge in [-0.1, -0.05) is 13.0 Å². The van der Waals surface area contributed by atoms with E-state index in [9.17, 15) is 4.39 Å². The first kappa shape index (κ1) is 19.2. The third-order valence-electron chi connectivity index (χ3n) is 4.06. The molecule has 0 atom stereocenters. The minimum atomic E-state index is -0.293. The summed E-state index contributed by atoms with van der Waals surface area (Å²) >= 11 is 3.31. The van der Waals surface area contributed by atoms with E-state index in [-0.39, 0.29) is 5.82 Å². The van der Waals surface area contributed by atoms with Crippen molar-refractivity contribution in [1.82, 2.24) is 4.98 Å². The molecule has 0 unspecified atom stereocenters. The first-order valence-corrected chi connectivity index (χ1v) is 9.59. The second-order valence-corrected chi connectivity index (χ2v) is 6.89. The predicted molar refractivity (Wildman–Crippen MR) is 111 cm³/mol. The van der Waals surface area contributed by atoms with Gasteiger partial charge in [0.05, 0.1) is 12.3 Å². The van der Waals surface area contributed by atoms with E-state index in [2.05, 4.69) is 45.0 Å². The summed E-state index contributed by atoms with van der Waals surface area (Å²) in [4.78, 5) is 8.81. The van der Waals surface area contributed by atoms with Crippen LogP contribution < -0.4 is 4.74 Å². The van der Waals surface area contributed by atoms with Crippen molar-refractivity contribution in [2.75, 3.05) is 6.61 Å². The summed E-state index contributed by atoms with van der Waals surface area (Å²) in [6.45, 7) is 2.70. The summed E-state index contributed by atoms with van der Waals surface area (Å²) in [6.07, 6.45) is 5.42. The first-order valence-electron chi connectivity index (χ1n) is 8.80. The smallest absolute Gasteiger partial charge is 0.124 e. The van der Waals surface area contributed by atoms with E-state index in [4.69, 9.17) is 4.74 Å². The lowest BCUT2D eigenvalue weighted by molar-refractivity contribution is 0.320. The molecule has 0 bridgehead atoms. The average Bonchev–Trinajstić information content (AvgIpc) is 2.69. The molecule has 1 heterocycles. The lowest BCUT2D eigenvalue weighted by atomic mass is 10.2. The minimum Gasteiger partial charge on any atom is -0.493 e. The summed E-state index contributed by atoms with van der Waals surface area (Å²) in [6, 6.07) is 16.3. The van der Waals surface area contributed by atoms with Crippen LogP contribution in [0.4, 0.5) is 10.1 Å². The largest absolute Gasteiger partial charge is 0.493 e. The van der Waals surface area contributed by atoms with Crippen molar-refractivity contribution in [2.24, 2.45) is 4.99 Å². The zero-order valence-corrected chi connectivity index (χ0v) is 16.6. The Kier molecular flexibility index (Phi) is 6.71. The maximum Gasteiger partial charge on any atom is 0.124 e. The van der Waals surface area contributed by atoms with Gasteiger partial charge in [-0.25, -0.2) is 4.39 Å². The summed E-state index contributed by atoms with van der Waals surface area (Å²) in [5.41, 5.74) is 3.89. The number of halogens is 2. The Morgan fingerprint density at radius 1 is 1.11 bits per heavy atom. The Hall–Kier alpha value is -2.53. The highest BCUT2D eigenvalue weighted by Crippen LogP contribution is 2.25. The van der Waals surface area contributed by atoms with Crippen LogP contribution in [-0.4, -0.2) is 17.8 Å². The van der Waals surface area contributed by atoms with Gasteiger partial charge in [0.15, 0.2) is 0 Å². The van der Waals surface area contributed by atoms with Crippen LogP contribution in [0.25, 0.3) is 0 Å². The van der Waals surface area contributed by atoms with Crippen LogP contribution in [-0.2, 0) is 12.8 Å². The van der Waals surface area contributed by atoms with Crippen LogP contribution >= 0.6 is 15.9 Å². The van der Waals surface area contributed by atoms with Gasteiger partial charge in [0.25, 0.3) is 0 Å². The van der Waals surface area contributed by atoms with Crippen LogP contribution in [0.5, 0.6) is 5.75 Å². The Labute approximate surface area is 167 Å². The van der Waals surface area contributed by atoms with Crippen molar-refractivity contribution in [3.63, 3.8) is 0 Å². The van der Waals surface area contributed by atoms with E-state index < -0.39 is 0 Å². The number of nitrogens with zero attached hydrogens (tertiary/aromatic N) is 2. The van der Waals surface area contributed by atoms with Gasteiger partial charge in [-0.05, 0) is 82.0 Å². The number of hydrogen-bond donors (Lipinski definition) is 0. The van der Waals surface area contributed by atoms with Crippen molar-refractivity contribution >= 4 is 27.8 Å². The molecule has 0 saturated heterocycles. The molecule has 1 aromatic heterocycles. The van der Waals surface area contributed by atoms with E-state index in [1.54, 1.807) is 12.3 Å².